The Hall–Kier alpha value is -2.05. The molecule has 4 fully saturated rings. The summed E-state index contributed by atoms with van der Waals surface area (Å²) in [5.41, 5.74) is 1.17. The average Bonchev–Trinajstić information content (AvgIpc) is 3.44. The molecule has 41 heavy (non-hydrogen) atoms. The first-order valence-corrected chi connectivity index (χ1v) is 16.1. The van der Waals surface area contributed by atoms with Crippen molar-refractivity contribution in [1.29, 1.82) is 0 Å². The van der Waals surface area contributed by atoms with Gasteiger partial charge in [-0.2, -0.15) is 4.98 Å². The topological polar surface area (TPSA) is 111 Å². The molecule has 11 heteroatoms. The molecule has 0 amide bonds. The van der Waals surface area contributed by atoms with E-state index in [4.69, 9.17) is 24.4 Å². The van der Waals surface area contributed by atoms with E-state index in [0.29, 0.717) is 30.0 Å². The van der Waals surface area contributed by atoms with E-state index in [1.807, 2.05) is 7.05 Å². The third-order valence-electron chi connectivity index (χ3n) is 9.92. The summed E-state index contributed by atoms with van der Waals surface area (Å²) in [4.78, 5) is 22.4. The molecule has 0 bridgehead atoms. The number of aliphatic imine (C=N–C) groups is 1. The van der Waals surface area contributed by atoms with Crippen LogP contribution >= 0.6 is 0 Å². The predicted molar refractivity (Wildman–Crippen MR) is 161 cm³/mol. The number of hydrogen-bond donors (Lipinski definition) is 3. The van der Waals surface area contributed by atoms with Crippen molar-refractivity contribution in [3.8, 4) is 0 Å². The molecule has 1 aromatic heterocycles. The molecule has 228 valence electrons. The van der Waals surface area contributed by atoms with Gasteiger partial charge >= 0.3 is 0 Å². The van der Waals surface area contributed by atoms with Gasteiger partial charge in [0.15, 0.2) is 0 Å². The summed E-state index contributed by atoms with van der Waals surface area (Å²) in [5, 5.41) is 17.0. The van der Waals surface area contributed by atoms with Crippen LogP contribution in [-0.4, -0.2) is 128 Å². The van der Waals surface area contributed by atoms with Crippen LogP contribution in [-0.2, 0) is 9.47 Å². The van der Waals surface area contributed by atoms with E-state index < -0.39 is 6.23 Å². The molecule has 6 rings (SSSR count). The highest BCUT2D eigenvalue weighted by molar-refractivity contribution is 5.59. The lowest BCUT2D eigenvalue weighted by Gasteiger charge is -2.37. The fourth-order valence-electron chi connectivity index (χ4n) is 7.38. The fourth-order valence-corrected chi connectivity index (χ4v) is 7.38. The third-order valence-corrected chi connectivity index (χ3v) is 9.92. The fraction of sp³-hybridized carbons (Fsp3) is 0.833. The molecule has 4 heterocycles. The summed E-state index contributed by atoms with van der Waals surface area (Å²) in [6, 6.07) is 3.47. The van der Waals surface area contributed by atoms with Gasteiger partial charge in [0, 0.05) is 57.3 Å². The van der Waals surface area contributed by atoms with Gasteiger partial charge in [0.1, 0.15) is 12.0 Å². The minimum absolute atomic E-state index is 0.323. The lowest BCUT2D eigenvalue weighted by atomic mass is 9.80. The number of aliphatic hydroxyl groups is 1. The van der Waals surface area contributed by atoms with Crippen LogP contribution in [0.1, 0.15) is 63.0 Å². The van der Waals surface area contributed by atoms with Crippen LogP contribution in [0.15, 0.2) is 11.1 Å². The molecular formula is C30H50N8O3. The van der Waals surface area contributed by atoms with Crippen molar-refractivity contribution in [2.24, 2.45) is 10.9 Å². The SMILES string of the molecule is CNC(O)C1CCC(Nc2cc(C3CCC4N=CN(CCCN5CCOCC5)C4C3)nc(N3CCOCC3)n2)CC1. The molecule has 1 aromatic rings. The first-order chi connectivity index (χ1) is 20.2. The van der Waals surface area contributed by atoms with Crippen molar-refractivity contribution >= 4 is 18.1 Å². The van der Waals surface area contributed by atoms with Crippen LogP contribution in [0.2, 0.25) is 0 Å². The van der Waals surface area contributed by atoms with Gasteiger partial charge in [0.2, 0.25) is 5.95 Å². The van der Waals surface area contributed by atoms with Crippen molar-refractivity contribution in [3.63, 3.8) is 0 Å². The molecule has 2 aliphatic carbocycles. The maximum atomic E-state index is 10.2. The number of ether oxygens (including phenoxy) is 2. The minimum Gasteiger partial charge on any atom is -0.379 e. The molecule has 4 atom stereocenters. The lowest BCUT2D eigenvalue weighted by molar-refractivity contribution is 0.0364. The molecule has 3 N–H and O–H groups in total. The van der Waals surface area contributed by atoms with Crippen molar-refractivity contribution < 1.29 is 14.6 Å². The van der Waals surface area contributed by atoms with Crippen LogP contribution in [0.4, 0.5) is 11.8 Å². The van der Waals surface area contributed by atoms with E-state index in [9.17, 15) is 5.11 Å². The molecule has 0 radical (unpaired) electrons. The first kappa shape index (κ1) is 29.0. The largest absolute Gasteiger partial charge is 0.379 e. The Bertz CT molecular complexity index is 994. The van der Waals surface area contributed by atoms with Crippen LogP contribution in [0.25, 0.3) is 0 Å². The van der Waals surface area contributed by atoms with Gasteiger partial charge in [-0.15, -0.1) is 0 Å². The Kier molecular flexibility index (Phi) is 9.88. The van der Waals surface area contributed by atoms with E-state index in [-0.39, 0.29) is 0 Å². The Labute approximate surface area is 245 Å². The lowest BCUT2D eigenvalue weighted by Crippen LogP contribution is -2.43. The summed E-state index contributed by atoms with van der Waals surface area (Å²) in [6.45, 7) is 9.13. The molecular weight excluding hydrogens is 520 g/mol. The zero-order valence-electron chi connectivity index (χ0n) is 24.8. The molecule has 4 unspecified atom stereocenters. The molecule has 2 saturated heterocycles. The third kappa shape index (κ3) is 7.30. The Balaban J connectivity index is 1.12. The van der Waals surface area contributed by atoms with Crippen LogP contribution in [0.5, 0.6) is 0 Å². The van der Waals surface area contributed by atoms with Gasteiger partial charge in [-0.25, -0.2) is 4.98 Å². The minimum atomic E-state index is -0.414. The van der Waals surface area contributed by atoms with Gasteiger partial charge in [0.05, 0.1) is 50.5 Å². The number of anilines is 2. The normalized spacial score (nSPS) is 31.7. The van der Waals surface area contributed by atoms with Crippen LogP contribution in [0.3, 0.4) is 0 Å². The molecule has 0 aromatic carbocycles. The van der Waals surface area contributed by atoms with Gasteiger partial charge in [-0.1, -0.05) is 0 Å². The Morgan fingerprint density at radius 2 is 1.71 bits per heavy atom. The Morgan fingerprint density at radius 3 is 2.46 bits per heavy atom. The van der Waals surface area contributed by atoms with E-state index in [1.165, 1.54) is 5.69 Å². The summed E-state index contributed by atoms with van der Waals surface area (Å²) in [7, 11) is 1.83. The van der Waals surface area contributed by atoms with E-state index in [0.717, 1.165) is 129 Å². The second-order valence-corrected chi connectivity index (χ2v) is 12.5. The summed E-state index contributed by atoms with van der Waals surface area (Å²) in [5.74, 6) is 2.51. The highest BCUT2D eigenvalue weighted by Gasteiger charge is 2.38. The molecule has 5 aliphatic rings. The highest BCUT2D eigenvalue weighted by atomic mass is 16.5. The highest BCUT2D eigenvalue weighted by Crippen LogP contribution is 2.39. The van der Waals surface area contributed by atoms with Gasteiger partial charge < -0.3 is 29.7 Å². The van der Waals surface area contributed by atoms with Gasteiger partial charge in [-0.3, -0.25) is 15.2 Å². The zero-order valence-corrected chi connectivity index (χ0v) is 24.8. The van der Waals surface area contributed by atoms with Crippen molar-refractivity contribution in [2.75, 3.05) is 83.0 Å². The summed E-state index contributed by atoms with van der Waals surface area (Å²) >= 11 is 0. The monoisotopic (exact) mass is 570 g/mol. The molecule has 11 nitrogen and oxygen atoms in total. The molecule has 0 spiro atoms. The number of hydrogen-bond acceptors (Lipinski definition) is 11. The number of morpholine rings is 2. The second kappa shape index (κ2) is 13.9. The Morgan fingerprint density at radius 1 is 0.951 bits per heavy atom. The van der Waals surface area contributed by atoms with Crippen LogP contribution < -0.4 is 15.5 Å². The van der Waals surface area contributed by atoms with Gasteiger partial charge in [0.25, 0.3) is 0 Å². The number of aromatic nitrogens is 2. The smallest absolute Gasteiger partial charge is 0.227 e. The predicted octanol–water partition coefficient (Wildman–Crippen LogP) is 1.89. The maximum absolute atomic E-state index is 10.2. The maximum Gasteiger partial charge on any atom is 0.227 e. The second-order valence-electron chi connectivity index (χ2n) is 12.5. The number of fused-ring (bicyclic) bond motifs is 1. The van der Waals surface area contributed by atoms with Crippen LogP contribution in [0, 0.1) is 5.92 Å². The number of rotatable bonds is 10. The molecule has 3 aliphatic heterocycles. The zero-order chi connectivity index (χ0) is 28.0. The van der Waals surface area contributed by atoms with Crippen molar-refractivity contribution in [2.45, 2.75) is 81.6 Å². The van der Waals surface area contributed by atoms with Gasteiger partial charge in [-0.05, 0) is 64.3 Å². The van der Waals surface area contributed by atoms with E-state index in [1.54, 1.807) is 0 Å². The first-order valence-electron chi connectivity index (χ1n) is 16.1. The summed E-state index contributed by atoms with van der Waals surface area (Å²) in [6.07, 6.45) is 10.3. The van der Waals surface area contributed by atoms with E-state index in [2.05, 4.69) is 37.7 Å². The van der Waals surface area contributed by atoms with E-state index >= 15 is 0 Å². The molecule has 2 saturated carbocycles. The van der Waals surface area contributed by atoms with Crippen molar-refractivity contribution in [3.05, 3.63) is 11.8 Å². The quantitative estimate of drug-likeness (QED) is 0.361. The summed E-state index contributed by atoms with van der Waals surface area (Å²) < 4.78 is 11.1. The number of nitrogens with zero attached hydrogens (tertiary/aromatic N) is 6. The standard InChI is InChI=1S/C30H50N8O3/c1-31-29(39)22-3-6-24(7-4-22)33-28-20-26(34-30(35-28)37-13-17-41-18-14-37)23-5-8-25-27(19-23)38(21-32-25)10-2-9-36-11-15-40-16-12-36/h20-25,27,29,31,39H,2-19H2,1H3,(H,33,34,35). The average molecular weight is 571 g/mol. The number of nitrogens with one attached hydrogen (secondary N) is 2. The number of aliphatic hydroxyl groups excluding tert-OH is 1. The van der Waals surface area contributed by atoms with Crippen molar-refractivity contribution in [1.82, 2.24) is 25.1 Å².